The number of aryl methyl sites for hydroxylation is 1. The molecular formula is C13H13F2NO. The van der Waals surface area contributed by atoms with E-state index in [1.165, 1.54) is 11.8 Å². The summed E-state index contributed by atoms with van der Waals surface area (Å²) in [6.45, 7) is 5.46. The minimum absolute atomic E-state index is 0.00580. The molecule has 0 bridgehead atoms. The molecule has 0 aromatic heterocycles. The fourth-order valence-electron chi connectivity index (χ4n) is 1.97. The Morgan fingerprint density at radius 3 is 2.71 bits per heavy atom. The molecule has 1 aromatic rings. The molecule has 1 unspecified atom stereocenters. The normalized spacial score (nSPS) is 19.8. The Morgan fingerprint density at radius 1 is 1.41 bits per heavy atom. The van der Waals surface area contributed by atoms with Crippen LogP contribution in [0.4, 0.5) is 14.5 Å². The summed E-state index contributed by atoms with van der Waals surface area (Å²) in [5, 5.41) is 0. The Bertz CT molecular complexity index is 485. The van der Waals surface area contributed by atoms with Gasteiger partial charge in [0.25, 0.3) is 0 Å². The maximum Gasteiger partial charge on any atom is 0.227 e. The molecule has 1 amide bonds. The van der Waals surface area contributed by atoms with Crippen LogP contribution in [-0.4, -0.2) is 12.5 Å². The fourth-order valence-corrected chi connectivity index (χ4v) is 1.97. The van der Waals surface area contributed by atoms with Crippen LogP contribution in [0.15, 0.2) is 24.8 Å². The minimum Gasteiger partial charge on any atom is -0.309 e. The van der Waals surface area contributed by atoms with Gasteiger partial charge < -0.3 is 4.90 Å². The van der Waals surface area contributed by atoms with E-state index < -0.39 is 11.6 Å². The summed E-state index contributed by atoms with van der Waals surface area (Å²) < 4.78 is 27.1. The van der Waals surface area contributed by atoms with E-state index in [-0.39, 0.29) is 23.1 Å². The van der Waals surface area contributed by atoms with Gasteiger partial charge in [-0.25, -0.2) is 8.78 Å². The molecule has 0 radical (unpaired) electrons. The molecule has 1 aliphatic rings. The summed E-state index contributed by atoms with van der Waals surface area (Å²) in [6, 6.07) is 2.19. The van der Waals surface area contributed by atoms with Crippen LogP contribution >= 0.6 is 0 Å². The second kappa shape index (κ2) is 4.28. The predicted molar refractivity (Wildman–Crippen MR) is 61.8 cm³/mol. The molecule has 1 aliphatic heterocycles. The summed E-state index contributed by atoms with van der Waals surface area (Å²) >= 11 is 0. The van der Waals surface area contributed by atoms with Gasteiger partial charge in [0.05, 0.1) is 5.69 Å². The van der Waals surface area contributed by atoms with E-state index in [4.69, 9.17) is 0 Å². The van der Waals surface area contributed by atoms with Crippen molar-refractivity contribution in [1.29, 1.82) is 0 Å². The number of nitrogens with zero attached hydrogens (tertiary/aromatic N) is 1. The van der Waals surface area contributed by atoms with Crippen LogP contribution in [0.1, 0.15) is 12.0 Å². The number of amides is 1. The van der Waals surface area contributed by atoms with Gasteiger partial charge in [0.2, 0.25) is 5.91 Å². The zero-order valence-corrected chi connectivity index (χ0v) is 9.54. The topological polar surface area (TPSA) is 20.3 Å². The Labute approximate surface area is 98.5 Å². The average Bonchev–Trinajstić information content (AvgIpc) is 2.65. The average molecular weight is 237 g/mol. The minimum atomic E-state index is -0.568. The van der Waals surface area contributed by atoms with E-state index >= 15 is 0 Å². The third-order valence-corrected chi connectivity index (χ3v) is 3.01. The van der Waals surface area contributed by atoms with Crippen LogP contribution in [0, 0.1) is 24.5 Å². The standard InChI is InChI=1S/C13H13F2NO/c1-3-9-5-13(17)16(7-9)12-6-10(14)8(2)4-11(12)15/h3-4,6,9H,1,5,7H2,2H3. The molecule has 4 heteroatoms. The highest BCUT2D eigenvalue weighted by molar-refractivity contribution is 5.96. The lowest BCUT2D eigenvalue weighted by Crippen LogP contribution is -2.25. The molecule has 2 nitrogen and oxygen atoms in total. The van der Waals surface area contributed by atoms with Gasteiger partial charge in [0.1, 0.15) is 11.6 Å². The van der Waals surface area contributed by atoms with Gasteiger partial charge in [-0.15, -0.1) is 6.58 Å². The van der Waals surface area contributed by atoms with Crippen LogP contribution in [0.3, 0.4) is 0 Å². The fraction of sp³-hybridized carbons (Fsp3) is 0.308. The van der Waals surface area contributed by atoms with Gasteiger partial charge in [-0.05, 0) is 18.6 Å². The molecule has 1 saturated heterocycles. The van der Waals surface area contributed by atoms with Gasteiger partial charge in [0, 0.05) is 24.9 Å². The molecule has 0 N–H and O–H groups in total. The molecule has 0 spiro atoms. The predicted octanol–water partition coefficient (Wildman–Crippen LogP) is 2.81. The number of carbonyl (C=O) groups excluding carboxylic acids is 1. The molecule has 1 fully saturated rings. The first-order valence-corrected chi connectivity index (χ1v) is 5.41. The number of benzene rings is 1. The smallest absolute Gasteiger partial charge is 0.227 e. The number of anilines is 1. The van der Waals surface area contributed by atoms with E-state index in [0.717, 1.165) is 12.1 Å². The van der Waals surface area contributed by atoms with Crippen molar-refractivity contribution in [2.75, 3.05) is 11.4 Å². The number of halogens is 2. The molecule has 90 valence electrons. The highest BCUT2D eigenvalue weighted by atomic mass is 19.1. The number of hydrogen-bond donors (Lipinski definition) is 0. The lowest BCUT2D eigenvalue weighted by Gasteiger charge is -2.17. The maximum absolute atomic E-state index is 13.7. The zero-order valence-electron chi connectivity index (χ0n) is 9.54. The van der Waals surface area contributed by atoms with Crippen LogP contribution in [-0.2, 0) is 4.79 Å². The number of carbonyl (C=O) groups is 1. The summed E-state index contributed by atoms with van der Waals surface area (Å²) in [5.74, 6) is -1.26. The van der Waals surface area contributed by atoms with Crippen molar-refractivity contribution < 1.29 is 13.6 Å². The van der Waals surface area contributed by atoms with Crippen molar-refractivity contribution >= 4 is 11.6 Å². The lowest BCUT2D eigenvalue weighted by molar-refractivity contribution is -0.117. The van der Waals surface area contributed by atoms with E-state index in [9.17, 15) is 13.6 Å². The lowest BCUT2D eigenvalue weighted by atomic mass is 10.1. The van der Waals surface area contributed by atoms with Crippen molar-refractivity contribution in [3.05, 3.63) is 42.0 Å². The highest BCUT2D eigenvalue weighted by Crippen LogP contribution is 2.29. The van der Waals surface area contributed by atoms with Gasteiger partial charge in [-0.3, -0.25) is 4.79 Å². The largest absolute Gasteiger partial charge is 0.309 e. The summed E-state index contributed by atoms with van der Waals surface area (Å²) in [6.07, 6.45) is 1.97. The van der Waals surface area contributed by atoms with Crippen LogP contribution < -0.4 is 4.90 Å². The monoisotopic (exact) mass is 237 g/mol. The van der Waals surface area contributed by atoms with Gasteiger partial charge in [0.15, 0.2) is 0 Å². The van der Waals surface area contributed by atoms with E-state index in [1.54, 1.807) is 6.08 Å². The Hall–Kier alpha value is -1.71. The van der Waals surface area contributed by atoms with Gasteiger partial charge in [-0.1, -0.05) is 6.08 Å². The Balaban J connectivity index is 2.38. The highest BCUT2D eigenvalue weighted by Gasteiger charge is 2.30. The second-order valence-electron chi connectivity index (χ2n) is 4.26. The van der Waals surface area contributed by atoms with E-state index in [1.807, 2.05) is 0 Å². The van der Waals surface area contributed by atoms with Crippen LogP contribution in [0.25, 0.3) is 0 Å². The van der Waals surface area contributed by atoms with Crippen LogP contribution in [0.5, 0.6) is 0 Å². The molecule has 1 aromatic carbocycles. The van der Waals surface area contributed by atoms with Gasteiger partial charge in [-0.2, -0.15) is 0 Å². The molecule has 0 saturated carbocycles. The summed E-state index contributed by atoms with van der Waals surface area (Å²) in [7, 11) is 0. The first-order chi connectivity index (χ1) is 8.02. The second-order valence-corrected chi connectivity index (χ2v) is 4.26. The Morgan fingerprint density at radius 2 is 2.12 bits per heavy atom. The molecule has 1 heterocycles. The molecule has 2 rings (SSSR count). The maximum atomic E-state index is 13.7. The van der Waals surface area contributed by atoms with Crippen LogP contribution in [0.2, 0.25) is 0 Å². The number of rotatable bonds is 2. The summed E-state index contributed by atoms with van der Waals surface area (Å²) in [5.41, 5.74) is 0.251. The van der Waals surface area contributed by atoms with Crippen molar-refractivity contribution in [1.82, 2.24) is 0 Å². The van der Waals surface area contributed by atoms with Crippen molar-refractivity contribution in [2.45, 2.75) is 13.3 Å². The molecular weight excluding hydrogens is 224 g/mol. The Kier molecular flexibility index (Phi) is 2.96. The quantitative estimate of drug-likeness (QED) is 0.724. The van der Waals surface area contributed by atoms with Crippen molar-refractivity contribution in [2.24, 2.45) is 5.92 Å². The molecule has 1 atom stereocenters. The zero-order chi connectivity index (χ0) is 12.6. The third kappa shape index (κ3) is 2.07. The first kappa shape index (κ1) is 11.8. The van der Waals surface area contributed by atoms with E-state index in [2.05, 4.69) is 6.58 Å². The molecule has 0 aliphatic carbocycles. The molecule has 17 heavy (non-hydrogen) atoms. The first-order valence-electron chi connectivity index (χ1n) is 5.41. The SMILES string of the molecule is C=CC1CC(=O)N(c2cc(F)c(C)cc2F)C1. The third-order valence-electron chi connectivity index (χ3n) is 3.01. The summed E-state index contributed by atoms with van der Waals surface area (Å²) in [4.78, 5) is 13.0. The van der Waals surface area contributed by atoms with Gasteiger partial charge >= 0.3 is 0 Å². The van der Waals surface area contributed by atoms with E-state index in [0.29, 0.717) is 13.0 Å². The number of hydrogen-bond acceptors (Lipinski definition) is 1. The van der Waals surface area contributed by atoms with Crippen molar-refractivity contribution in [3.63, 3.8) is 0 Å². The van der Waals surface area contributed by atoms with Crippen molar-refractivity contribution in [3.8, 4) is 0 Å².